The Balaban J connectivity index is 2.25. The summed E-state index contributed by atoms with van der Waals surface area (Å²) in [5, 5.41) is 3.44. The van der Waals surface area contributed by atoms with Gasteiger partial charge < -0.3 is 9.88 Å². The molecule has 1 N–H and O–H groups in total. The summed E-state index contributed by atoms with van der Waals surface area (Å²) in [5.41, 5.74) is 2.39. The van der Waals surface area contributed by atoms with Crippen LogP contribution in [0.5, 0.6) is 0 Å². The molecule has 0 atom stereocenters. The van der Waals surface area contributed by atoms with Crippen LogP contribution >= 0.6 is 0 Å². The molecule has 0 saturated carbocycles. The van der Waals surface area contributed by atoms with Crippen molar-refractivity contribution in [3.63, 3.8) is 0 Å². The Morgan fingerprint density at radius 2 is 2.11 bits per heavy atom. The summed E-state index contributed by atoms with van der Waals surface area (Å²) in [7, 11) is 0. The van der Waals surface area contributed by atoms with Crippen molar-refractivity contribution in [1.82, 2.24) is 19.9 Å². The molecule has 0 aliphatic heterocycles. The van der Waals surface area contributed by atoms with Crippen LogP contribution in [0, 0.1) is 0 Å². The van der Waals surface area contributed by atoms with Crippen molar-refractivity contribution in [3.05, 3.63) is 42.2 Å². The highest BCUT2D eigenvalue weighted by Gasteiger charge is 2.08. The Hall–Kier alpha value is -1.68. The van der Waals surface area contributed by atoms with Crippen molar-refractivity contribution in [2.24, 2.45) is 0 Å². The maximum Gasteiger partial charge on any atom is 0.113 e. The van der Waals surface area contributed by atoms with Crippen molar-refractivity contribution in [2.45, 2.75) is 39.7 Å². The lowest BCUT2D eigenvalue weighted by Gasteiger charge is -2.12. The maximum absolute atomic E-state index is 4.43. The summed E-state index contributed by atoms with van der Waals surface area (Å²) in [5.74, 6) is 1.10. The molecule has 102 valence electrons. The standard InChI is InChI=1S/C15H22N4/c1-3-5-15-18-9-10-19(15)14-12-17-8-6-13(14)11-16-7-4-2/h6,8-10,12,16H,3-5,7,11H2,1-2H3. The van der Waals surface area contributed by atoms with Crippen LogP contribution < -0.4 is 5.32 Å². The molecule has 0 fully saturated rings. The van der Waals surface area contributed by atoms with Gasteiger partial charge in [0.2, 0.25) is 0 Å². The summed E-state index contributed by atoms with van der Waals surface area (Å²) in [4.78, 5) is 8.69. The van der Waals surface area contributed by atoms with Crippen LogP contribution in [0.4, 0.5) is 0 Å². The zero-order chi connectivity index (χ0) is 13.5. The lowest BCUT2D eigenvalue weighted by Crippen LogP contribution is -2.16. The molecule has 2 rings (SSSR count). The molecule has 2 heterocycles. The van der Waals surface area contributed by atoms with Gasteiger partial charge in [-0.05, 0) is 31.0 Å². The lowest BCUT2D eigenvalue weighted by molar-refractivity contribution is 0.670. The molecule has 0 aliphatic rings. The Labute approximate surface area is 114 Å². The number of pyridine rings is 1. The molecule has 0 saturated heterocycles. The predicted octanol–water partition coefficient (Wildman–Crippen LogP) is 2.72. The first kappa shape index (κ1) is 13.7. The van der Waals surface area contributed by atoms with Crippen LogP contribution in [0.1, 0.15) is 38.1 Å². The van der Waals surface area contributed by atoms with E-state index >= 15 is 0 Å². The van der Waals surface area contributed by atoms with Gasteiger partial charge in [-0.15, -0.1) is 0 Å². The summed E-state index contributed by atoms with van der Waals surface area (Å²) >= 11 is 0. The van der Waals surface area contributed by atoms with Gasteiger partial charge in [-0.2, -0.15) is 0 Å². The molecular weight excluding hydrogens is 236 g/mol. The van der Waals surface area contributed by atoms with Crippen molar-refractivity contribution >= 4 is 0 Å². The van der Waals surface area contributed by atoms with Crippen LogP contribution in [0.25, 0.3) is 5.69 Å². The number of hydrogen-bond acceptors (Lipinski definition) is 3. The van der Waals surface area contributed by atoms with E-state index in [0.717, 1.165) is 43.9 Å². The minimum atomic E-state index is 0.870. The molecule has 2 aromatic heterocycles. The summed E-state index contributed by atoms with van der Waals surface area (Å²) < 4.78 is 2.15. The van der Waals surface area contributed by atoms with Gasteiger partial charge in [0.15, 0.2) is 0 Å². The van der Waals surface area contributed by atoms with E-state index in [2.05, 4.69) is 39.8 Å². The lowest BCUT2D eigenvalue weighted by atomic mass is 10.2. The molecule has 0 aromatic carbocycles. The van der Waals surface area contributed by atoms with E-state index in [4.69, 9.17) is 0 Å². The highest BCUT2D eigenvalue weighted by Crippen LogP contribution is 2.16. The third-order valence-corrected chi connectivity index (χ3v) is 3.08. The van der Waals surface area contributed by atoms with E-state index in [9.17, 15) is 0 Å². The zero-order valence-electron chi connectivity index (χ0n) is 11.8. The average molecular weight is 258 g/mol. The minimum Gasteiger partial charge on any atom is -0.313 e. The molecule has 2 aromatic rings. The predicted molar refractivity (Wildman–Crippen MR) is 77.4 cm³/mol. The van der Waals surface area contributed by atoms with Crippen molar-refractivity contribution in [1.29, 1.82) is 0 Å². The zero-order valence-corrected chi connectivity index (χ0v) is 11.8. The second kappa shape index (κ2) is 7.04. The fourth-order valence-corrected chi connectivity index (χ4v) is 2.14. The number of imidazole rings is 1. The third kappa shape index (κ3) is 3.41. The first-order valence-corrected chi connectivity index (χ1v) is 7.03. The van der Waals surface area contributed by atoms with Gasteiger partial charge in [0, 0.05) is 31.6 Å². The Morgan fingerprint density at radius 3 is 2.89 bits per heavy atom. The van der Waals surface area contributed by atoms with Crippen molar-refractivity contribution in [2.75, 3.05) is 6.54 Å². The second-order valence-corrected chi connectivity index (χ2v) is 4.64. The maximum atomic E-state index is 4.43. The van der Waals surface area contributed by atoms with Crippen LogP contribution in [0.2, 0.25) is 0 Å². The van der Waals surface area contributed by atoms with Crippen molar-refractivity contribution < 1.29 is 0 Å². The van der Waals surface area contributed by atoms with Gasteiger partial charge in [0.05, 0.1) is 11.9 Å². The molecule has 0 spiro atoms. The van der Waals surface area contributed by atoms with Gasteiger partial charge in [-0.1, -0.05) is 13.8 Å². The quantitative estimate of drug-likeness (QED) is 0.776. The van der Waals surface area contributed by atoms with E-state index in [-0.39, 0.29) is 0 Å². The minimum absolute atomic E-state index is 0.870. The number of rotatable bonds is 7. The number of aryl methyl sites for hydroxylation is 1. The first-order chi connectivity index (χ1) is 9.36. The smallest absolute Gasteiger partial charge is 0.113 e. The molecular formula is C15H22N4. The van der Waals surface area contributed by atoms with E-state index in [0.29, 0.717) is 0 Å². The van der Waals surface area contributed by atoms with Crippen molar-refractivity contribution in [3.8, 4) is 5.69 Å². The number of nitrogens with zero attached hydrogens (tertiary/aromatic N) is 3. The van der Waals surface area contributed by atoms with Crippen LogP contribution in [0.15, 0.2) is 30.9 Å². The van der Waals surface area contributed by atoms with E-state index in [1.54, 1.807) is 0 Å². The molecule has 0 unspecified atom stereocenters. The largest absolute Gasteiger partial charge is 0.313 e. The molecule has 0 amide bonds. The fourth-order valence-electron chi connectivity index (χ4n) is 2.14. The van der Waals surface area contributed by atoms with E-state index in [1.807, 2.05) is 24.8 Å². The van der Waals surface area contributed by atoms with Crippen LogP contribution in [0.3, 0.4) is 0 Å². The van der Waals surface area contributed by atoms with Gasteiger partial charge >= 0.3 is 0 Å². The summed E-state index contributed by atoms with van der Waals surface area (Å²) in [6.07, 6.45) is 10.9. The second-order valence-electron chi connectivity index (χ2n) is 4.64. The number of hydrogen-bond donors (Lipinski definition) is 1. The average Bonchev–Trinajstić information content (AvgIpc) is 2.88. The molecule has 4 nitrogen and oxygen atoms in total. The Bertz CT molecular complexity index is 504. The first-order valence-electron chi connectivity index (χ1n) is 7.03. The van der Waals surface area contributed by atoms with Gasteiger partial charge in [0.25, 0.3) is 0 Å². The topological polar surface area (TPSA) is 42.7 Å². The Kier molecular flexibility index (Phi) is 5.10. The van der Waals surface area contributed by atoms with E-state index < -0.39 is 0 Å². The normalized spacial score (nSPS) is 10.8. The van der Waals surface area contributed by atoms with Gasteiger partial charge in [-0.25, -0.2) is 4.98 Å². The monoisotopic (exact) mass is 258 g/mol. The number of nitrogens with one attached hydrogen (secondary N) is 1. The number of aromatic nitrogens is 3. The highest BCUT2D eigenvalue weighted by molar-refractivity contribution is 5.39. The molecule has 0 aliphatic carbocycles. The summed E-state index contributed by atoms with van der Waals surface area (Å²) in [6, 6.07) is 2.08. The summed E-state index contributed by atoms with van der Waals surface area (Å²) in [6.45, 7) is 6.25. The van der Waals surface area contributed by atoms with Crippen LogP contribution in [-0.2, 0) is 13.0 Å². The van der Waals surface area contributed by atoms with Gasteiger partial charge in [0.1, 0.15) is 5.82 Å². The Morgan fingerprint density at radius 1 is 1.21 bits per heavy atom. The SMILES string of the molecule is CCCNCc1ccncc1-n1ccnc1CCC. The van der Waals surface area contributed by atoms with Gasteiger partial charge in [-0.3, -0.25) is 4.98 Å². The molecule has 0 bridgehead atoms. The van der Waals surface area contributed by atoms with Crippen LogP contribution in [-0.4, -0.2) is 21.1 Å². The molecule has 0 radical (unpaired) electrons. The molecule has 4 heteroatoms. The third-order valence-electron chi connectivity index (χ3n) is 3.08. The fraction of sp³-hybridized carbons (Fsp3) is 0.467. The highest BCUT2D eigenvalue weighted by atomic mass is 15.1. The molecule has 19 heavy (non-hydrogen) atoms. The van der Waals surface area contributed by atoms with E-state index in [1.165, 1.54) is 5.56 Å².